The third-order valence-corrected chi connectivity index (χ3v) is 6.32. The van der Waals surface area contributed by atoms with Gasteiger partial charge in [-0.05, 0) is 30.9 Å². The first kappa shape index (κ1) is 15.4. The summed E-state index contributed by atoms with van der Waals surface area (Å²) in [7, 11) is 0. The number of hydrogen-bond acceptors (Lipinski definition) is 3. The van der Waals surface area contributed by atoms with Crippen LogP contribution in [0.3, 0.4) is 0 Å². The van der Waals surface area contributed by atoms with Gasteiger partial charge in [0, 0.05) is 12.3 Å². The zero-order chi connectivity index (χ0) is 16.5. The van der Waals surface area contributed by atoms with Crippen molar-refractivity contribution >= 4 is 58.1 Å². The number of halogens is 3. The molecule has 0 spiro atoms. The maximum atomic E-state index is 12.9. The summed E-state index contributed by atoms with van der Waals surface area (Å²) in [5.41, 5.74) is 0.248. The lowest BCUT2D eigenvalue weighted by molar-refractivity contribution is -0.143. The van der Waals surface area contributed by atoms with E-state index in [0.29, 0.717) is 12.8 Å². The second-order valence-electron chi connectivity index (χ2n) is 6.40. The largest absolute Gasteiger partial charge is 0.299 e. The highest BCUT2D eigenvalue weighted by atomic mass is 35.5. The van der Waals surface area contributed by atoms with E-state index in [1.165, 1.54) is 12.1 Å². The zero-order valence-electron chi connectivity index (χ0n) is 11.9. The van der Waals surface area contributed by atoms with Gasteiger partial charge in [0.05, 0.1) is 32.6 Å². The molecule has 3 saturated carbocycles. The number of carbonyl (C=O) groups is 3. The molecule has 1 aromatic rings. The number of amides is 2. The SMILES string of the molecule is O=C1C[C@H]2CC[C@@H]1[C@H]1C(=O)N(c3cc(Cl)c(Cl)cc3Cl)C(=O)[C@@H]21. The summed E-state index contributed by atoms with van der Waals surface area (Å²) in [6.45, 7) is 0. The van der Waals surface area contributed by atoms with Gasteiger partial charge < -0.3 is 0 Å². The van der Waals surface area contributed by atoms with Gasteiger partial charge in [-0.1, -0.05) is 34.8 Å². The second-order valence-corrected chi connectivity index (χ2v) is 7.62. The first-order valence-electron chi connectivity index (χ1n) is 7.45. The topological polar surface area (TPSA) is 54.5 Å². The third-order valence-electron chi connectivity index (χ3n) is 5.30. The van der Waals surface area contributed by atoms with Gasteiger partial charge in [-0.25, -0.2) is 4.90 Å². The van der Waals surface area contributed by atoms with Gasteiger partial charge in [0.1, 0.15) is 5.78 Å². The fraction of sp³-hybridized carbons (Fsp3) is 0.438. The normalized spacial score (nSPS) is 32.7. The molecule has 120 valence electrons. The number of nitrogens with zero attached hydrogens (tertiary/aromatic N) is 1. The number of Topliss-reactive ketones (excluding diaryl/α,β-unsaturated/α-hetero) is 1. The Morgan fingerprint density at radius 2 is 1.52 bits per heavy atom. The molecule has 4 aliphatic rings. The van der Waals surface area contributed by atoms with E-state index < -0.39 is 11.8 Å². The Kier molecular flexibility index (Phi) is 3.49. The van der Waals surface area contributed by atoms with Gasteiger partial charge in [-0.2, -0.15) is 0 Å². The van der Waals surface area contributed by atoms with Gasteiger partial charge in [0.2, 0.25) is 11.8 Å². The molecule has 3 aliphatic carbocycles. The van der Waals surface area contributed by atoms with Crippen LogP contribution < -0.4 is 4.90 Å². The Balaban J connectivity index is 1.80. The zero-order valence-corrected chi connectivity index (χ0v) is 14.2. The van der Waals surface area contributed by atoms with E-state index in [1.807, 2.05) is 0 Å². The van der Waals surface area contributed by atoms with Crippen LogP contribution in [0.4, 0.5) is 5.69 Å². The van der Waals surface area contributed by atoms with Gasteiger partial charge in [0.15, 0.2) is 0 Å². The summed E-state index contributed by atoms with van der Waals surface area (Å²) < 4.78 is 0. The quantitative estimate of drug-likeness (QED) is 0.557. The highest BCUT2D eigenvalue weighted by Crippen LogP contribution is 2.53. The molecule has 0 unspecified atom stereocenters. The van der Waals surface area contributed by atoms with Crippen molar-refractivity contribution in [3.8, 4) is 0 Å². The summed E-state index contributed by atoms with van der Waals surface area (Å²) in [6.07, 6.45) is 1.90. The Hall–Kier alpha value is -1.10. The van der Waals surface area contributed by atoms with Gasteiger partial charge in [-0.3, -0.25) is 14.4 Å². The van der Waals surface area contributed by atoms with Crippen molar-refractivity contribution < 1.29 is 14.4 Å². The monoisotopic (exact) mass is 371 g/mol. The van der Waals surface area contributed by atoms with Gasteiger partial charge in [0.25, 0.3) is 0 Å². The number of anilines is 1. The molecule has 4 nitrogen and oxygen atoms in total. The lowest BCUT2D eigenvalue weighted by atomic mass is 9.59. The second kappa shape index (κ2) is 5.20. The number of rotatable bonds is 1. The van der Waals surface area contributed by atoms with Crippen LogP contribution in [0, 0.1) is 23.7 Å². The molecule has 1 saturated heterocycles. The molecule has 1 heterocycles. The highest BCUT2D eigenvalue weighted by molar-refractivity contribution is 6.44. The minimum atomic E-state index is -0.548. The van der Waals surface area contributed by atoms with E-state index >= 15 is 0 Å². The molecule has 1 aliphatic heterocycles. The van der Waals surface area contributed by atoms with Crippen molar-refractivity contribution in [2.24, 2.45) is 23.7 Å². The smallest absolute Gasteiger partial charge is 0.238 e. The molecule has 4 fully saturated rings. The van der Waals surface area contributed by atoms with Crippen LogP contribution >= 0.6 is 34.8 Å². The van der Waals surface area contributed by atoms with Crippen LogP contribution in [0.2, 0.25) is 15.1 Å². The van der Waals surface area contributed by atoms with E-state index in [9.17, 15) is 14.4 Å². The summed E-state index contributed by atoms with van der Waals surface area (Å²) in [5, 5.41) is 0.672. The molecular weight excluding hydrogens is 361 g/mol. The predicted octanol–water partition coefficient (Wildman–Crippen LogP) is 3.75. The lowest BCUT2D eigenvalue weighted by Crippen LogP contribution is -2.46. The minimum Gasteiger partial charge on any atom is -0.299 e. The molecule has 2 bridgehead atoms. The Morgan fingerprint density at radius 1 is 0.870 bits per heavy atom. The summed E-state index contributed by atoms with van der Waals surface area (Å²) >= 11 is 18.1. The molecule has 23 heavy (non-hydrogen) atoms. The van der Waals surface area contributed by atoms with E-state index in [2.05, 4.69) is 0 Å². The maximum absolute atomic E-state index is 12.9. The first-order valence-corrected chi connectivity index (χ1v) is 8.58. The maximum Gasteiger partial charge on any atom is 0.238 e. The van der Waals surface area contributed by atoms with Crippen LogP contribution in [-0.2, 0) is 14.4 Å². The number of fused-ring (bicyclic) bond motifs is 2. The number of ketones is 1. The minimum absolute atomic E-state index is 0.0412. The van der Waals surface area contributed by atoms with Crippen molar-refractivity contribution in [3.63, 3.8) is 0 Å². The lowest BCUT2D eigenvalue weighted by Gasteiger charge is -2.41. The molecule has 0 aromatic heterocycles. The summed E-state index contributed by atoms with van der Waals surface area (Å²) in [5.74, 6) is -1.86. The molecule has 0 N–H and O–H groups in total. The van der Waals surface area contributed by atoms with E-state index in [1.54, 1.807) is 0 Å². The van der Waals surface area contributed by atoms with Gasteiger partial charge in [-0.15, -0.1) is 0 Å². The highest BCUT2D eigenvalue weighted by Gasteiger charge is 2.61. The van der Waals surface area contributed by atoms with Crippen LogP contribution in [0.25, 0.3) is 0 Å². The average Bonchev–Trinajstić information content (AvgIpc) is 2.77. The number of benzene rings is 1. The molecular formula is C16H12Cl3NO3. The third kappa shape index (κ3) is 2.08. The predicted molar refractivity (Wildman–Crippen MR) is 86.8 cm³/mol. The molecule has 1 aromatic carbocycles. The number of imide groups is 1. The Labute approximate surface area is 147 Å². The number of carbonyl (C=O) groups excluding carboxylic acids is 3. The van der Waals surface area contributed by atoms with Crippen LogP contribution in [0.15, 0.2) is 12.1 Å². The van der Waals surface area contributed by atoms with Crippen molar-refractivity contribution in [2.45, 2.75) is 19.3 Å². The standard InChI is InChI=1S/C16H12Cl3NO3/c17-8-4-10(19)11(5-9(8)18)20-15(22)13-6-1-2-7(12(21)3-6)14(13)16(20)23/h4-7,13-14H,1-3H2/t6-,7+,13+,14-/m1/s1. The molecule has 7 heteroatoms. The van der Waals surface area contributed by atoms with Crippen LogP contribution in [0.1, 0.15) is 19.3 Å². The van der Waals surface area contributed by atoms with Crippen molar-refractivity contribution in [2.75, 3.05) is 4.90 Å². The van der Waals surface area contributed by atoms with Crippen molar-refractivity contribution in [1.82, 2.24) is 0 Å². The molecule has 5 rings (SSSR count). The number of hydrogen-bond donors (Lipinski definition) is 0. The fourth-order valence-electron chi connectivity index (χ4n) is 4.30. The summed E-state index contributed by atoms with van der Waals surface area (Å²) in [6, 6.07) is 2.85. The van der Waals surface area contributed by atoms with E-state index in [0.717, 1.165) is 11.3 Å². The fourth-order valence-corrected chi connectivity index (χ4v) is 4.93. The van der Waals surface area contributed by atoms with Crippen molar-refractivity contribution in [3.05, 3.63) is 27.2 Å². The van der Waals surface area contributed by atoms with E-state index in [4.69, 9.17) is 34.8 Å². The van der Waals surface area contributed by atoms with Crippen molar-refractivity contribution in [1.29, 1.82) is 0 Å². The molecule has 0 radical (unpaired) electrons. The summed E-state index contributed by atoms with van der Waals surface area (Å²) in [4.78, 5) is 38.9. The molecule has 2 amide bonds. The van der Waals surface area contributed by atoms with Crippen LogP contribution in [0.5, 0.6) is 0 Å². The van der Waals surface area contributed by atoms with Crippen LogP contribution in [-0.4, -0.2) is 17.6 Å². The van der Waals surface area contributed by atoms with Gasteiger partial charge >= 0.3 is 0 Å². The Morgan fingerprint density at radius 3 is 2.22 bits per heavy atom. The Bertz CT molecular complexity index is 763. The average molecular weight is 373 g/mol. The molecule has 4 atom stereocenters. The van der Waals surface area contributed by atoms with E-state index in [-0.39, 0.29) is 50.2 Å². The first-order chi connectivity index (χ1) is 10.9.